The summed E-state index contributed by atoms with van der Waals surface area (Å²) in [7, 11) is 1.07. The zero-order valence-electron chi connectivity index (χ0n) is 40.7. The Morgan fingerprint density at radius 2 is 1.20 bits per heavy atom. The smallest absolute Gasteiger partial charge is 0.337 e. The Hall–Kier alpha value is -1.55. The first-order valence-corrected chi connectivity index (χ1v) is 24.5. The SMILES string of the molecule is COC(=O)[C@H]1O[C@@H](O[C@H]2CC[C@@]3(C)C(CC[C@]4(C)[C@@H]3CC=C3[C@@H]5CC(C)(C)[C@@H](O)[C@H](O)[C@]5(CO)[C@H](O)[C@H](O)[C@]34C)C2(C)C)[C@H](O[C@@H]2O[C@H](CO)[C@@H](O)[C@H](O)[C@H]2O)[C@@H](O)[C@@H]1O[C@@H]1O[C@@H](CO)[C@H](O)[C@H]1O. The van der Waals surface area contributed by atoms with E-state index in [4.69, 9.17) is 33.2 Å². The number of fused-ring (bicyclic) bond motifs is 7. The van der Waals surface area contributed by atoms with Gasteiger partial charge in [0.1, 0.15) is 61.0 Å². The van der Waals surface area contributed by atoms with Gasteiger partial charge >= 0.3 is 5.97 Å². The van der Waals surface area contributed by atoms with Crippen molar-refractivity contribution in [2.75, 3.05) is 26.9 Å². The molecule has 8 aliphatic rings. The molecule has 0 aromatic carbocycles. The minimum Gasteiger partial charge on any atom is -0.467 e. The Balaban J connectivity index is 1.11. The number of hydrogen-bond donors (Lipinski definition) is 13. The van der Waals surface area contributed by atoms with Crippen LogP contribution in [0.4, 0.5) is 0 Å². The van der Waals surface area contributed by atoms with Crippen LogP contribution >= 0.6 is 0 Å². The van der Waals surface area contributed by atoms with E-state index in [9.17, 15) is 71.2 Å². The van der Waals surface area contributed by atoms with Gasteiger partial charge in [0.05, 0.1) is 62.9 Å². The molecule has 13 N–H and O–H groups in total. The minimum atomic E-state index is -1.96. The van der Waals surface area contributed by atoms with Crippen molar-refractivity contribution in [3.63, 3.8) is 0 Å². The normalized spacial score (nSPS) is 54.6. The van der Waals surface area contributed by atoms with Gasteiger partial charge in [0.2, 0.25) is 0 Å². The van der Waals surface area contributed by atoms with Gasteiger partial charge in [0.25, 0.3) is 0 Å². The fourth-order valence-electron chi connectivity index (χ4n) is 15.3. The van der Waals surface area contributed by atoms with Crippen molar-refractivity contribution in [1.29, 1.82) is 0 Å². The summed E-state index contributed by atoms with van der Waals surface area (Å²) in [5, 5.41) is 144. The molecule has 0 spiro atoms. The number of ether oxygens (including phenoxy) is 7. The number of aliphatic hydroxyl groups is 13. The summed E-state index contributed by atoms with van der Waals surface area (Å²) in [4.78, 5) is 13.5. The molecule has 0 radical (unpaired) electrons. The molecule has 7 fully saturated rings. The molecule has 26 atom stereocenters. The third kappa shape index (κ3) is 7.77. The van der Waals surface area contributed by atoms with E-state index in [1.807, 2.05) is 20.8 Å². The van der Waals surface area contributed by atoms with Crippen molar-refractivity contribution in [2.45, 2.75) is 204 Å². The number of allylic oxidation sites excluding steroid dienone is 1. The average Bonchev–Trinajstić information content (AvgIpc) is 3.58. The van der Waals surface area contributed by atoms with Gasteiger partial charge in [-0.2, -0.15) is 0 Å². The van der Waals surface area contributed by atoms with Gasteiger partial charge in [-0.05, 0) is 77.9 Å². The molecule has 0 bridgehead atoms. The monoisotopic (exact) mass is 991 g/mol. The van der Waals surface area contributed by atoms with E-state index < -0.39 is 181 Å². The second-order valence-electron chi connectivity index (χ2n) is 23.5. The molecule has 396 valence electrons. The Kier molecular flexibility index (Phi) is 14.5. The molecule has 21 heteroatoms. The van der Waals surface area contributed by atoms with Gasteiger partial charge in [0, 0.05) is 5.41 Å². The molecule has 3 aliphatic heterocycles. The highest BCUT2D eigenvalue weighted by Crippen LogP contribution is 2.76. The van der Waals surface area contributed by atoms with Gasteiger partial charge in [-0.3, -0.25) is 0 Å². The Morgan fingerprint density at radius 1 is 0.638 bits per heavy atom. The quantitative estimate of drug-likeness (QED) is 0.0602. The van der Waals surface area contributed by atoms with Crippen molar-refractivity contribution in [1.82, 2.24) is 0 Å². The van der Waals surface area contributed by atoms with Crippen LogP contribution < -0.4 is 0 Å². The molecule has 5 aliphatic carbocycles. The molecule has 69 heavy (non-hydrogen) atoms. The second kappa shape index (κ2) is 18.7. The number of rotatable bonds is 10. The fourth-order valence-corrected chi connectivity index (χ4v) is 15.3. The molecule has 0 aromatic heterocycles. The third-order valence-electron chi connectivity index (χ3n) is 19.6. The number of carbonyl (C=O) groups excluding carboxylic acids is 1. The number of carbonyl (C=O) groups is 1. The van der Waals surface area contributed by atoms with Crippen LogP contribution in [0, 0.1) is 50.2 Å². The van der Waals surface area contributed by atoms with Gasteiger partial charge in [-0.25, -0.2) is 4.79 Å². The zero-order valence-corrected chi connectivity index (χ0v) is 40.7. The van der Waals surface area contributed by atoms with Gasteiger partial charge < -0.3 is 99.5 Å². The van der Waals surface area contributed by atoms with Crippen LogP contribution in [-0.2, 0) is 38.0 Å². The summed E-state index contributed by atoms with van der Waals surface area (Å²) in [6.07, 6.45) is -25.1. The maximum atomic E-state index is 13.5. The molecular weight excluding hydrogens is 913 g/mol. The first-order valence-electron chi connectivity index (χ1n) is 24.5. The molecule has 8 rings (SSSR count). The van der Waals surface area contributed by atoms with Crippen LogP contribution in [-0.4, -0.2) is 216 Å². The summed E-state index contributed by atoms with van der Waals surface area (Å²) in [5.41, 5.74) is -4.18. The molecule has 3 heterocycles. The van der Waals surface area contributed by atoms with Crippen molar-refractivity contribution in [3.8, 4) is 0 Å². The number of hydrogen-bond acceptors (Lipinski definition) is 21. The van der Waals surface area contributed by atoms with E-state index in [0.717, 1.165) is 12.7 Å². The van der Waals surface area contributed by atoms with E-state index in [0.29, 0.717) is 38.5 Å². The first-order chi connectivity index (χ1) is 32.2. The van der Waals surface area contributed by atoms with Gasteiger partial charge in [-0.15, -0.1) is 0 Å². The molecule has 21 nitrogen and oxygen atoms in total. The minimum absolute atomic E-state index is 0.0537. The molecule has 1 unspecified atom stereocenters. The summed E-state index contributed by atoms with van der Waals surface area (Å²) in [6.45, 7) is 12.1. The van der Waals surface area contributed by atoms with Crippen LogP contribution in [0.3, 0.4) is 0 Å². The molecule has 4 saturated carbocycles. The Labute approximate surface area is 401 Å². The highest BCUT2D eigenvalue weighted by molar-refractivity contribution is 5.75. The van der Waals surface area contributed by atoms with Crippen molar-refractivity contribution in [2.24, 2.45) is 50.2 Å². The largest absolute Gasteiger partial charge is 0.467 e. The van der Waals surface area contributed by atoms with E-state index in [1.165, 1.54) is 0 Å². The highest BCUT2D eigenvalue weighted by Gasteiger charge is 2.75. The predicted octanol–water partition coefficient (Wildman–Crippen LogP) is -2.68. The summed E-state index contributed by atoms with van der Waals surface area (Å²) >= 11 is 0. The Bertz CT molecular complexity index is 1900. The third-order valence-corrected chi connectivity index (χ3v) is 19.6. The van der Waals surface area contributed by atoms with Crippen LogP contribution in [0.2, 0.25) is 0 Å². The number of aliphatic hydroxyl groups excluding tert-OH is 13. The number of esters is 1. The maximum absolute atomic E-state index is 13.5. The van der Waals surface area contributed by atoms with Crippen LogP contribution in [0.1, 0.15) is 87.0 Å². The van der Waals surface area contributed by atoms with Crippen LogP contribution in [0.15, 0.2) is 11.6 Å². The molecule has 0 amide bonds. The van der Waals surface area contributed by atoms with E-state index in [1.54, 1.807) is 0 Å². The van der Waals surface area contributed by atoms with Crippen molar-refractivity contribution < 1.29 is 104 Å². The first kappa shape index (κ1) is 53.7. The van der Waals surface area contributed by atoms with Gasteiger partial charge in [0.15, 0.2) is 25.0 Å². The lowest BCUT2D eigenvalue weighted by atomic mass is 9.32. The van der Waals surface area contributed by atoms with E-state index >= 15 is 0 Å². The fraction of sp³-hybridized carbons (Fsp3) is 0.938. The van der Waals surface area contributed by atoms with Crippen molar-refractivity contribution >= 4 is 5.97 Å². The van der Waals surface area contributed by atoms with E-state index in [2.05, 4.69) is 33.8 Å². The van der Waals surface area contributed by atoms with Crippen LogP contribution in [0.5, 0.6) is 0 Å². The number of methoxy groups -OCH3 is 1. The van der Waals surface area contributed by atoms with E-state index in [-0.39, 0.29) is 11.8 Å². The lowest BCUT2D eigenvalue weighted by Crippen LogP contribution is -2.76. The van der Waals surface area contributed by atoms with Crippen LogP contribution in [0.25, 0.3) is 0 Å². The zero-order chi connectivity index (χ0) is 50.9. The summed E-state index contributed by atoms with van der Waals surface area (Å²) in [5.74, 6) is -1.70. The molecule has 0 aromatic rings. The summed E-state index contributed by atoms with van der Waals surface area (Å²) in [6, 6.07) is 0. The lowest BCUT2D eigenvalue weighted by Gasteiger charge is -2.73. The molecular formula is C48H78O21. The molecule has 3 saturated heterocycles. The van der Waals surface area contributed by atoms with Crippen molar-refractivity contribution in [3.05, 3.63) is 11.6 Å². The Morgan fingerprint density at radius 3 is 1.78 bits per heavy atom. The predicted molar refractivity (Wildman–Crippen MR) is 235 cm³/mol. The second-order valence-corrected chi connectivity index (χ2v) is 23.5. The topological polar surface area (TPSA) is 345 Å². The van der Waals surface area contributed by atoms with Gasteiger partial charge in [-0.1, -0.05) is 60.1 Å². The average molecular weight is 991 g/mol. The lowest BCUT2D eigenvalue weighted by molar-refractivity contribution is -0.383. The highest BCUT2D eigenvalue weighted by atomic mass is 16.8. The summed E-state index contributed by atoms with van der Waals surface area (Å²) < 4.78 is 41.5. The standard InChI is InChI=1S/C48H78O21/c1-43(2)15-20-19-9-10-24-45(5)13-12-25(44(3,4)23(45)11-14-46(24,6)47(19,7)36(59)38(61)48(20,18-51)37(60)35(43)58)66-42-33(68-41-30(56)28(54)26(52)21(16-49)64-41)31(57)32(34(69-42)39(62)63-8)67-40-29(55)27(53)22(17-50)65-40/h9,20-38,40-42,49-61H,10-18H2,1-8H3/t20-,21+,22-,23?,24+,25-,26+,27-,28-,29+,30+,31-,32-,33+,34-,35-,36-,37-,38+,40-,41-,42+,45-,46+,47-,48+/m0/s1. The maximum Gasteiger partial charge on any atom is 0.337 e.